The molecule has 0 saturated carbocycles. The Balaban J connectivity index is 0.00000338. The van der Waals surface area contributed by atoms with Gasteiger partial charge in [-0.25, -0.2) is 9.18 Å². The number of nitrogens with zero attached hydrogens (tertiary/aromatic N) is 1. The summed E-state index contributed by atoms with van der Waals surface area (Å²) in [6.07, 6.45) is 0. The number of carbonyl (C=O) groups is 1. The minimum atomic E-state index is -0.643. The molecule has 2 aromatic carbocycles. The van der Waals surface area contributed by atoms with Crippen molar-refractivity contribution in [3.8, 4) is 11.8 Å². The molecule has 0 fully saturated rings. The maximum Gasteiger partial charge on any atom is 1.00 e. The van der Waals surface area contributed by atoms with Gasteiger partial charge in [-0.3, -0.25) is 0 Å². The van der Waals surface area contributed by atoms with Crippen LogP contribution < -0.4 is 62.9 Å². The molecule has 2 aromatic rings. The monoisotopic (exact) mass is 423 g/mol. The van der Waals surface area contributed by atoms with Gasteiger partial charge in [0.05, 0.1) is 5.56 Å². The molecule has 0 aromatic heterocycles. The van der Waals surface area contributed by atoms with Crippen LogP contribution in [0.25, 0.3) is 0 Å². The van der Waals surface area contributed by atoms with Crippen molar-refractivity contribution in [3.05, 3.63) is 62.0 Å². The fourth-order valence-electron chi connectivity index (χ4n) is 2.95. The first-order valence-corrected chi connectivity index (χ1v) is 8.02. The van der Waals surface area contributed by atoms with Crippen LogP contribution in [0.3, 0.4) is 0 Å². The summed E-state index contributed by atoms with van der Waals surface area (Å²) in [5.41, 5.74) is 5.07. The standard InChI is InChI=1S/C21H21FNO2.Rb/c1-10-8-11(2)13(4)18(12(10)3)21(24)25-20-15(6)14(5)17(9-23)19(22)16(20)7;/h1-7H3;/q-1;+1. The average molecular weight is 424 g/mol. The number of hydrogen-bond donors (Lipinski definition) is 0. The van der Waals surface area contributed by atoms with E-state index in [1.807, 2.05) is 33.8 Å². The van der Waals surface area contributed by atoms with Gasteiger partial charge in [0.2, 0.25) is 0 Å². The summed E-state index contributed by atoms with van der Waals surface area (Å²) >= 11 is 0. The predicted molar refractivity (Wildman–Crippen MR) is 94.5 cm³/mol. The van der Waals surface area contributed by atoms with E-state index in [9.17, 15) is 9.18 Å². The van der Waals surface area contributed by atoms with E-state index < -0.39 is 11.8 Å². The molecule has 0 aliphatic carbocycles. The van der Waals surface area contributed by atoms with Gasteiger partial charge in [0.15, 0.2) is 0 Å². The first-order valence-electron chi connectivity index (χ1n) is 8.02. The van der Waals surface area contributed by atoms with Gasteiger partial charge in [-0.15, -0.1) is 11.1 Å². The van der Waals surface area contributed by atoms with Gasteiger partial charge in [0.1, 0.15) is 17.6 Å². The van der Waals surface area contributed by atoms with E-state index in [2.05, 4.69) is 6.07 Å². The fraction of sp³-hybridized carbons (Fsp3) is 0.333. The number of halogens is 1. The van der Waals surface area contributed by atoms with Crippen LogP contribution in [0.1, 0.15) is 54.9 Å². The minimum absolute atomic E-state index is 0. The Morgan fingerprint density at radius 2 is 1.42 bits per heavy atom. The molecular weight excluding hydrogens is 403 g/mol. The van der Waals surface area contributed by atoms with Gasteiger partial charge in [-0.05, 0) is 37.5 Å². The van der Waals surface area contributed by atoms with Crippen molar-refractivity contribution in [2.75, 3.05) is 0 Å². The minimum Gasteiger partial charge on any atom is -0.424 e. The Labute approximate surface area is 203 Å². The third-order valence-electron chi connectivity index (χ3n) is 4.93. The summed E-state index contributed by atoms with van der Waals surface area (Å²) in [6, 6.07) is 5.09. The second kappa shape index (κ2) is 8.88. The summed E-state index contributed by atoms with van der Waals surface area (Å²) in [7, 11) is 0. The number of aryl methyl sites for hydroxylation is 2. The van der Waals surface area contributed by atoms with E-state index in [1.54, 1.807) is 13.8 Å². The third-order valence-corrected chi connectivity index (χ3v) is 4.93. The Morgan fingerprint density at radius 3 is 1.88 bits per heavy atom. The quantitative estimate of drug-likeness (QED) is 0.421. The van der Waals surface area contributed by atoms with Crippen LogP contribution in [0, 0.1) is 71.7 Å². The summed E-state index contributed by atoms with van der Waals surface area (Å²) in [6.45, 7) is 12.4. The van der Waals surface area contributed by atoms with E-state index in [0.29, 0.717) is 16.7 Å². The number of rotatable bonds is 2. The molecule has 0 radical (unpaired) electrons. The topological polar surface area (TPSA) is 50.1 Å². The fourth-order valence-corrected chi connectivity index (χ4v) is 2.95. The molecule has 0 spiro atoms. The molecule has 0 aliphatic heterocycles. The number of ether oxygens (including phenoxy) is 1. The van der Waals surface area contributed by atoms with Crippen LogP contribution in [0.4, 0.5) is 4.39 Å². The molecule has 0 amide bonds. The van der Waals surface area contributed by atoms with E-state index >= 15 is 0 Å². The molecule has 130 valence electrons. The molecular formula is C21H21FNO2Rb. The van der Waals surface area contributed by atoms with Crippen LogP contribution in [-0.4, -0.2) is 5.97 Å². The zero-order valence-electron chi connectivity index (χ0n) is 16.6. The van der Waals surface area contributed by atoms with Gasteiger partial charge in [0, 0.05) is 5.56 Å². The smallest absolute Gasteiger partial charge is 0.424 e. The van der Waals surface area contributed by atoms with Crippen molar-refractivity contribution >= 4 is 5.97 Å². The molecule has 0 saturated heterocycles. The van der Waals surface area contributed by atoms with Gasteiger partial charge < -0.3 is 4.74 Å². The first kappa shape index (κ1) is 23.2. The van der Waals surface area contributed by atoms with Crippen molar-refractivity contribution in [2.24, 2.45) is 0 Å². The van der Waals surface area contributed by atoms with Crippen LogP contribution in [0.5, 0.6) is 5.75 Å². The Bertz CT molecular complexity index is 887. The van der Waals surface area contributed by atoms with Crippen LogP contribution in [0.2, 0.25) is 0 Å². The van der Waals surface area contributed by atoms with E-state index in [0.717, 1.165) is 22.3 Å². The molecule has 0 aliphatic rings. The summed E-state index contributed by atoms with van der Waals surface area (Å²) in [5, 5.41) is 9.13. The normalized spacial score (nSPS) is 10.1. The van der Waals surface area contributed by atoms with Gasteiger partial charge in [-0.2, -0.15) is 22.5 Å². The van der Waals surface area contributed by atoms with Gasteiger partial charge in [0.25, 0.3) is 0 Å². The Kier molecular flexibility index (Phi) is 7.92. The maximum atomic E-state index is 14.4. The molecule has 0 heterocycles. The molecule has 3 nitrogen and oxygen atoms in total. The first-order chi connectivity index (χ1) is 11.6. The zero-order chi connectivity index (χ0) is 19.0. The number of benzene rings is 2. The zero-order valence-corrected chi connectivity index (χ0v) is 21.6. The molecule has 26 heavy (non-hydrogen) atoms. The largest absolute Gasteiger partial charge is 1.00 e. The van der Waals surface area contributed by atoms with Crippen LogP contribution in [0.15, 0.2) is 0 Å². The average Bonchev–Trinajstić information content (AvgIpc) is 2.56. The Morgan fingerprint density at radius 1 is 0.923 bits per heavy atom. The van der Waals surface area contributed by atoms with Gasteiger partial charge >= 0.3 is 64.2 Å². The number of esters is 1. The van der Waals surface area contributed by atoms with E-state index in [4.69, 9.17) is 10.00 Å². The molecule has 0 unspecified atom stereocenters. The third kappa shape index (κ3) is 4.01. The second-order valence-electron chi connectivity index (χ2n) is 6.39. The molecule has 5 heteroatoms. The second-order valence-corrected chi connectivity index (χ2v) is 6.39. The molecule has 2 rings (SSSR count). The SMILES string of the molecule is Cc1[c-]c(C)c(C)c(C(=O)Oc2c(C)c(C)c(C#N)c(F)c2C)c1C.[Rb+]. The van der Waals surface area contributed by atoms with Crippen molar-refractivity contribution in [2.45, 2.75) is 48.5 Å². The number of nitriles is 1. The number of carbonyl (C=O) groups excluding carboxylic acids is 1. The van der Waals surface area contributed by atoms with Gasteiger partial charge in [-0.1, -0.05) is 27.7 Å². The number of hydrogen-bond acceptors (Lipinski definition) is 3. The molecule has 0 bridgehead atoms. The molecule has 0 N–H and O–H groups in total. The molecule has 0 atom stereocenters. The van der Waals surface area contributed by atoms with Crippen molar-refractivity contribution in [1.29, 1.82) is 5.26 Å². The summed E-state index contributed by atoms with van der Waals surface area (Å²) < 4.78 is 20.0. The van der Waals surface area contributed by atoms with E-state index in [1.165, 1.54) is 6.92 Å². The van der Waals surface area contributed by atoms with Crippen molar-refractivity contribution < 1.29 is 72.1 Å². The Hall–Kier alpha value is -0.865. The van der Waals surface area contributed by atoms with Crippen molar-refractivity contribution in [3.63, 3.8) is 0 Å². The summed E-state index contributed by atoms with van der Waals surface area (Å²) in [5.74, 6) is -0.985. The maximum absolute atomic E-state index is 14.4. The van der Waals surface area contributed by atoms with Crippen molar-refractivity contribution in [1.82, 2.24) is 0 Å². The predicted octanol–water partition coefficient (Wildman–Crippen LogP) is 1.88. The van der Waals surface area contributed by atoms with E-state index in [-0.39, 0.29) is 75.1 Å². The van der Waals surface area contributed by atoms with Crippen LogP contribution in [-0.2, 0) is 0 Å². The van der Waals surface area contributed by atoms with Crippen LogP contribution >= 0.6 is 0 Å². The summed E-state index contributed by atoms with van der Waals surface area (Å²) in [4.78, 5) is 12.8.